The van der Waals surface area contributed by atoms with E-state index in [0.717, 1.165) is 45.4 Å². The maximum Gasteiger partial charge on any atom is 0.224 e. The molecule has 2 amide bonds. The third-order valence-corrected chi connectivity index (χ3v) is 5.14. The van der Waals surface area contributed by atoms with Crippen LogP contribution < -0.4 is 5.32 Å². The van der Waals surface area contributed by atoms with E-state index >= 15 is 0 Å². The van der Waals surface area contributed by atoms with Crippen molar-refractivity contribution in [2.24, 2.45) is 0 Å². The van der Waals surface area contributed by atoms with Crippen LogP contribution in [0, 0.1) is 0 Å². The van der Waals surface area contributed by atoms with Gasteiger partial charge < -0.3 is 15.1 Å². The summed E-state index contributed by atoms with van der Waals surface area (Å²) in [6.45, 7) is 4.88. The molecule has 5 nitrogen and oxygen atoms in total. The highest BCUT2D eigenvalue weighted by Crippen LogP contribution is 2.17. The molecule has 2 saturated heterocycles. The summed E-state index contributed by atoms with van der Waals surface area (Å²) in [4.78, 5) is 27.5. The molecule has 1 aromatic carbocycles. The van der Waals surface area contributed by atoms with Gasteiger partial charge in [-0.25, -0.2) is 0 Å². The second-order valence-electron chi connectivity index (χ2n) is 6.92. The van der Waals surface area contributed by atoms with Gasteiger partial charge in [0.25, 0.3) is 0 Å². The maximum absolute atomic E-state index is 12.2. The number of hydrogen-bond acceptors (Lipinski definition) is 3. The van der Waals surface area contributed by atoms with Crippen LogP contribution in [0.3, 0.4) is 0 Å². The van der Waals surface area contributed by atoms with E-state index in [4.69, 9.17) is 0 Å². The van der Waals surface area contributed by atoms with Crippen molar-refractivity contribution in [1.29, 1.82) is 0 Å². The lowest BCUT2D eigenvalue weighted by molar-refractivity contribution is -0.130. The second-order valence-corrected chi connectivity index (χ2v) is 6.92. The predicted molar refractivity (Wildman–Crippen MR) is 93.5 cm³/mol. The quantitative estimate of drug-likeness (QED) is 0.889. The predicted octanol–water partition coefficient (Wildman–Crippen LogP) is 1.43. The van der Waals surface area contributed by atoms with E-state index in [-0.39, 0.29) is 17.9 Å². The number of carbonyl (C=O) groups excluding carboxylic acids is 2. The lowest BCUT2D eigenvalue weighted by atomic mass is 10.0. The highest BCUT2D eigenvalue weighted by atomic mass is 16.2. The van der Waals surface area contributed by atoms with Crippen LogP contribution in [0.25, 0.3) is 0 Å². The normalized spacial score (nSPS) is 22.2. The number of piperidine rings is 1. The van der Waals surface area contributed by atoms with Crippen LogP contribution in [-0.4, -0.2) is 59.9 Å². The number of likely N-dealkylation sites (tertiary alicyclic amines) is 2. The molecule has 0 saturated carbocycles. The lowest BCUT2D eigenvalue weighted by Gasteiger charge is -2.33. The number of amides is 2. The van der Waals surface area contributed by atoms with Crippen molar-refractivity contribution in [3.05, 3.63) is 35.9 Å². The van der Waals surface area contributed by atoms with Gasteiger partial charge in [-0.3, -0.25) is 9.59 Å². The van der Waals surface area contributed by atoms with Gasteiger partial charge in [-0.05, 0) is 24.8 Å². The fraction of sp³-hybridized carbons (Fsp3) is 0.579. The number of rotatable bonds is 5. The second kappa shape index (κ2) is 7.79. The summed E-state index contributed by atoms with van der Waals surface area (Å²) < 4.78 is 0. The topological polar surface area (TPSA) is 52.7 Å². The Morgan fingerprint density at radius 2 is 1.88 bits per heavy atom. The third-order valence-electron chi connectivity index (χ3n) is 5.14. The highest BCUT2D eigenvalue weighted by Gasteiger charge is 2.31. The molecule has 1 N–H and O–H groups in total. The zero-order valence-electron chi connectivity index (χ0n) is 14.4. The molecule has 0 spiro atoms. The van der Waals surface area contributed by atoms with E-state index < -0.39 is 0 Å². The first kappa shape index (κ1) is 17.0. The van der Waals surface area contributed by atoms with Gasteiger partial charge >= 0.3 is 0 Å². The van der Waals surface area contributed by atoms with Crippen LogP contribution in [0.4, 0.5) is 0 Å². The van der Waals surface area contributed by atoms with Crippen LogP contribution >= 0.6 is 0 Å². The summed E-state index contributed by atoms with van der Waals surface area (Å²) in [5.74, 6) is 0.418. The summed E-state index contributed by atoms with van der Waals surface area (Å²) in [6.07, 6.45) is 3.47. The third kappa shape index (κ3) is 4.35. The SMILES string of the molecule is CC(=O)N1CCC(N[C@H]2CC(=O)N(CCc3ccccc3)C2)CC1. The Labute approximate surface area is 144 Å². The van der Waals surface area contributed by atoms with E-state index in [1.165, 1.54) is 5.56 Å². The molecule has 2 aliphatic rings. The highest BCUT2D eigenvalue weighted by molar-refractivity contribution is 5.79. The number of nitrogens with zero attached hydrogens (tertiary/aromatic N) is 2. The van der Waals surface area contributed by atoms with Crippen LogP contribution in [0.2, 0.25) is 0 Å². The standard InChI is InChI=1S/C19H27N3O2/c1-15(23)21-11-8-17(9-12-21)20-18-13-19(24)22(14-18)10-7-16-5-3-2-4-6-16/h2-6,17-18,20H,7-14H2,1H3/t18-/m0/s1. The summed E-state index contributed by atoms with van der Waals surface area (Å²) in [5, 5.41) is 3.64. The van der Waals surface area contributed by atoms with E-state index in [2.05, 4.69) is 17.4 Å². The van der Waals surface area contributed by atoms with Crippen molar-refractivity contribution in [2.45, 2.75) is 44.7 Å². The van der Waals surface area contributed by atoms with E-state index in [0.29, 0.717) is 12.5 Å². The Kier molecular flexibility index (Phi) is 5.51. The van der Waals surface area contributed by atoms with Crippen LogP contribution in [0.5, 0.6) is 0 Å². The molecule has 0 unspecified atom stereocenters. The van der Waals surface area contributed by atoms with Crippen molar-refractivity contribution in [3.8, 4) is 0 Å². The van der Waals surface area contributed by atoms with Crippen molar-refractivity contribution in [1.82, 2.24) is 15.1 Å². The number of benzene rings is 1. The van der Waals surface area contributed by atoms with Gasteiger partial charge in [-0.2, -0.15) is 0 Å². The smallest absolute Gasteiger partial charge is 0.224 e. The molecule has 1 atom stereocenters. The molecule has 0 aromatic heterocycles. The average Bonchev–Trinajstić information content (AvgIpc) is 2.94. The molecular weight excluding hydrogens is 302 g/mol. The summed E-state index contributed by atoms with van der Waals surface area (Å²) in [5.41, 5.74) is 1.28. The average molecular weight is 329 g/mol. The van der Waals surface area contributed by atoms with Crippen molar-refractivity contribution < 1.29 is 9.59 Å². The van der Waals surface area contributed by atoms with Gasteiger partial charge in [0, 0.05) is 51.6 Å². The Bertz CT molecular complexity index is 567. The Morgan fingerprint density at radius 1 is 1.17 bits per heavy atom. The van der Waals surface area contributed by atoms with Gasteiger partial charge in [0.2, 0.25) is 11.8 Å². The van der Waals surface area contributed by atoms with Gasteiger partial charge in [0.05, 0.1) is 0 Å². The van der Waals surface area contributed by atoms with E-state index in [1.807, 2.05) is 28.0 Å². The van der Waals surface area contributed by atoms with E-state index in [9.17, 15) is 9.59 Å². The zero-order valence-corrected chi connectivity index (χ0v) is 14.4. The molecule has 2 fully saturated rings. The Balaban J connectivity index is 1.43. The minimum Gasteiger partial charge on any atom is -0.343 e. The maximum atomic E-state index is 12.2. The first-order chi connectivity index (χ1) is 11.6. The molecule has 0 radical (unpaired) electrons. The molecule has 2 aliphatic heterocycles. The fourth-order valence-corrected chi connectivity index (χ4v) is 3.70. The Hall–Kier alpha value is -1.88. The van der Waals surface area contributed by atoms with Crippen LogP contribution in [0.15, 0.2) is 30.3 Å². The minimum atomic E-state index is 0.164. The monoisotopic (exact) mass is 329 g/mol. The van der Waals surface area contributed by atoms with Crippen molar-refractivity contribution in [2.75, 3.05) is 26.2 Å². The molecule has 3 rings (SSSR count). The van der Waals surface area contributed by atoms with Gasteiger partial charge in [-0.15, -0.1) is 0 Å². The molecule has 130 valence electrons. The number of hydrogen-bond donors (Lipinski definition) is 1. The fourth-order valence-electron chi connectivity index (χ4n) is 3.70. The van der Waals surface area contributed by atoms with Crippen molar-refractivity contribution in [3.63, 3.8) is 0 Å². The van der Waals surface area contributed by atoms with Crippen LogP contribution in [-0.2, 0) is 16.0 Å². The molecule has 0 bridgehead atoms. The van der Waals surface area contributed by atoms with E-state index in [1.54, 1.807) is 6.92 Å². The number of nitrogens with one attached hydrogen (secondary N) is 1. The zero-order chi connectivity index (χ0) is 16.9. The molecule has 1 aromatic rings. The molecule has 2 heterocycles. The van der Waals surface area contributed by atoms with Gasteiger partial charge in [0.1, 0.15) is 0 Å². The first-order valence-corrected chi connectivity index (χ1v) is 8.95. The Morgan fingerprint density at radius 3 is 2.54 bits per heavy atom. The van der Waals surface area contributed by atoms with Crippen LogP contribution in [0.1, 0.15) is 31.7 Å². The first-order valence-electron chi connectivity index (χ1n) is 8.95. The lowest BCUT2D eigenvalue weighted by Crippen LogP contribution is -2.48. The molecule has 0 aliphatic carbocycles. The van der Waals surface area contributed by atoms with Gasteiger partial charge in [-0.1, -0.05) is 30.3 Å². The molecule has 24 heavy (non-hydrogen) atoms. The minimum absolute atomic E-state index is 0.164. The van der Waals surface area contributed by atoms with Crippen molar-refractivity contribution >= 4 is 11.8 Å². The molecular formula is C19H27N3O2. The van der Waals surface area contributed by atoms with Gasteiger partial charge in [0.15, 0.2) is 0 Å². The molecule has 5 heteroatoms. The largest absolute Gasteiger partial charge is 0.343 e. The number of carbonyl (C=O) groups is 2. The summed E-state index contributed by atoms with van der Waals surface area (Å²) >= 11 is 0. The summed E-state index contributed by atoms with van der Waals surface area (Å²) in [6, 6.07) is 11.0. The summed E-state index contributed by atoms with van der Waals surface area (Å²) in [7, 11) is 0.